The third-order valence-electron chi connectivity index (χ3n) is 4.56. The molecule has 1 aromatic carbocycles. The van der Waals surface area contributed by atoms with Crippen LogP contribution in [0.2, 0.25) is 0 Å². The number of hydrogen-bond acceptors (Lipinski definition) is 8. The molecule has 0 bridgehead atoms. The monoisotopic (exact) mass is 430 g/mol. The van der Waals surface area contributed by atoms with Crippen LogP contribution in [0.3, 0.4) is 0 Å². The first-order valence-corrected chi connectivity index (χ1v) is 10.5. The Morgan fingerprint density at radius 2 is 1.26 bits per heavy atom. The van der Waals surface area contributed by atoms with Crippen LogP contribution in [0.5, 0.6) is 0 Å². The van der Waals surface area contributed by atoms with Crippen LogP contribution in [0.4, 0.5) is 23.5 Å². The number of aliphatic carboxylic acids is 2. The van der Waals surface area contributed by atoms with Crippen molar-refractivity contribution in [2.45, 2.75) is 64.5 Å². The second-order valence-electron chi connectivity index (χ2n) is 7.15. The first-order chi connectivity index (χ1) is 14.9. The van der Waals surface area contributed by atoms with Crippen molar-refractivity contribution >= 4 is 35.5 Å². The molecule has 5 N–H and O–H groups in total. The summed E-state index contributed by atoms with van der Waals surface area (Å²) >= 11 is 0. The Morgan fingerprint density at radius 1 is 0.806 bits per heavy atom. The first-order valence-electron chi connectivity index (χ1n) is 10.5. The van der Waals surface area contributed by atoms with Gasteiger partial charge in [-0.25, -0.2) is 9.59 Å². The molecule has 2 atom stereocenters. The van der Waals surface area contributed by atoms with Crippen molar-refractivity contribution in [2.24, 2.45) is 0 Å². The molecule has 0 spiro atoms. The summed E-state index contributed by atoms with van der Waals surface area (Å²) in [7, 11) is 0. The van der Waals surface area contributed by atoms with Crippen LogP contribution in [-0.2, 0) is 9.59 Å². The topological polar surface area (TPSA) is 149 Å². The van der Waals surface area contributed by atoms with Crippen molar-refractivity contribution in [1.82, 2.24) is 15.0 Å². The van der Waals surface area contributed by atoms with Crippen LogP contribution in [0.1, 0.15) is 52.4 Å². The summed E-state index contributed by atoms with van der Waals surface area (Å²) in [5, 5.41) is 27.7. The van der Waals surface area contributed by atoms with Gasteiger partial charge in [0.2, 0.25) is 17.8 Å². The zero-order valence-electron chi connectivity index (χ0n) is 17.8. The van der Waals surface area contributed by atoms with Gasteiger partial charge in [0.05, 0.1) is 0 Å². The predicted octanol–water partition coefficient (Wildman–Crippen LogP) is 3.73. The van der Waals surface area contributed by atoms with E-state index in [2.05, 4.69) is 30.9 Å². The Balaban J connectivity index is 2.31. The molecule has 0 aliphatic heterocycles. The quantitative estimate of drug-likeness (QED) is 0.300. The average Bonchev–Trinajstić information content (AvgIpc) is 2.74. The Hall–Kier alpha value is -3.43. The van der Waals surface area contributed by atoms with E-state index in [9.17, 15) is 19.8 Å². The van der Waals surface area contributed by atoms with E-state index in [1.165, 1.54) is 0 Å². The fourth-order valence-corrected chi connectivity index (χ4v) is 2.85. The van der Waals surface area contributed by atoms with Crippen molar-refractivity contribution in [3.8, 4) is 0 Å². The minimum Gasteiger partial charge on any atom is -0.480 e. The van der Waals surface area contributed by atoms with Gasteiger partial charge in [-0.3, -0.25) is 0 Å². The molecule has 10 heteroatoms. The van der Waals surface area contributed by atoms with E-state index >= 15 is 0 Å². The largest absolute Gasteiger partial charge is 0.480 e. The lowest BCUT2D eigenvalue weighted by Crippen LogP contribution is -2.32. The normalized spacial score (nSPS) is 12.6. The number of carboxylic acid groups (broad SMARTS) is 2. The van der Waals surface area contributed by atoms with Gasteiger partial charge in [0.1, 0.15) is 12.1 Å². The van der Waals surface area contributed by atoms with E-state index in [1.54, 1.807) is 0 Å². The number of carboxylic acids is 2. The molecule has 1 aromatic heterocycles. The van der Waals surface area contributed by atoms with Gasteiger partial charge in [-0.05, 0) is 25.0 Å². The van der Waals surface area contributed by atoms with Crippen LogP contribution in [0.25, 0.3) is 0 Å². The fraction of sp³-hybridized carbons (Fsp3) is 0.476. The molecule has 10 nitrogen and oxygen atoms in total. The van der Waals surface area contributed by atoms with Gasteiger partial charge in [-0.1, -0.05) is 57.7 Å². The van der Waals surface area contributed by atoms with Crippen molar-refractivity contribution in [1.29, 1.82) is 0 Å². The lowest BCUT2D eigenvalue weighted by molar-refractivity contribution is -0.139. The summed E-state index contributed by atoms with van der Waals surface area (Å²) in [5.41, 5.74) is 0.729. The smallest absolute Gasteiger partial charge is 0.326 e. The highest BCUT2D eigenvalue weighted by Gasteiger charge is 2.21. The fourth-order valence-electron chi connectivity index (χ4n) is 2.85. The van der Waals surface area contributed by atoms with Crippen LogP contribution >= 0.6 is 0 Å². The zero-order chi connectivity index (χ0) is 22.6. The predicted molar refractivity (Wildman–Crippen MR) is 119 cm³/mol. The Morgan fingerprint density at radius 3 is 1.68 bits per heavy atom. The third kappa shape index (κ3) is 8.07. The van der Waals surface area contributed by atoms with Crippen LogP contribution < -0.4 is 16.0 Å². The number of hydrogen-bond donors (Lipinski definition) is 5. The summed E-state index contributed by atoms with van der Waals surface area (Å²) in [5.74, 6) is -1.73. The van der Waals surface area contributed by atoms with Crippen molar-refractivity contribution in [2.75, 3.05) is 16.0 Å². The number of para-hydroxylation sites is 1. The number of nitrogens with one attached hydrogen (secondary N) is 3. The maximum Gasteiger partial charge on any atom is 0.326 e. The molecule has 0 fully saturated rings. The molecule has 0 amide bonds. The highest BCUT2D eigenvalue weighted by atomic mass is 16.4. The van der Waals surface area contributed by atoms with Crippen LogP contribution in [0, 0.1) is 0 Å². The van der Waals surface area contributed by atoms with E-state index < -0.39 is 24.0 Å². The van der Waals surface area contributed by atoms with Gasteiger partial charge in [0.15, 0.2) is 0 Å². The minimum absolute atomic E-state index is 0.0547. The van der Waals surface area contributed by atoms with Crippen molar-refractivity contribution in [3.63, 3.8) is 0 Å². The molecule has 1 heterocycles. The Kier molecular flexibility index (Phi) is 9.47. The average molecular weight is 431 g/mol. The molecular formula is C21H30N6O4. The van der Waals surface area contributed by atoms with Gasteiger partial charge >= 0.3 is 11.9 Å². The third-order valence-corrected chi connectivity index (χ3v) is 4.56. The summed E-state index contributed by atoms with van der Waals surface area (Å²) < 4.78 is 0. The highest BCUT2D eigenvalue weighted by molar-refractivity contribution is 5.77. The van der Waals surface area contributed by atoms with E-state index in [0.29, 0.717) is 12.8 Å². The molecule has 0 saturated carbocycles. The first kappa shape index (κ1) is 23.8. The number of nitrogens with zero attached hydrogens (tertiary/aromatic N) is 3. The van der Waals surface area contributed by atoms with E-state index in [4.69, 9.17) is 0 Å². The number of unbranched alkanes of at least 4 members (excludes halogenated alkanes) is 2. The maximum atomic E-state index is 11.6. The number of rotatable bonds is 14. The van der Waals surface area contributed by atoms with E-state index in [-0.39, 0.29) is 17.8 Å². The Labute approximate surface area is 181 Å². The van der Waals surface area contributed by atoms with E-state index in [0.717, 1.165) is 31.4 Å². The van der Waals surface area contributed by atoms with Crippen LogP contribution in [-0.4, -0.2) is 49.2 Å². The lowest BCUT2D eigenvalue weighted by Gasteiger charge is -2.18. The van der Waals surface area contributed by atoms with Gasteiger partial charge in [0, 0.05) is 5.69 Å². The zero-order valence-corrected chi connectivity index (χ0v) is 17.8. The van der Waals surface area contributed by atoms with Crippen molar-refractivity contribution < 1.29 is 19.8 Å². The van der Waals surface area contributed by atoms with Crippen LogP contribution in [0.15, 0.2) is 30.3 Å². The summed E-state index contributed by atoms with van der Waals surface area (Å²) in [4.78, 5) is 36.0. The van der Waals surface area contributed by atoms with Crippen molar-refractivity contribution in [3.05, 3.63) is 30.3 Å². The molecule has 0 saturated heterocycles. The molecule has 168 valence electrons. The minimum atomic E-state index is -1.01. The maximum absolute atomic E-state index is 11.6. The highest BCUT2D eigenvalue weighted by Crippen LogP contribution is 2.18. The number of carbonyl (C=O) groups is 2. The molecule has 2 aromatic rings. The number of aromatic nitrogens is 3. The van der Waals surface area contributed by atoms with E-state index in [1.807, 2.05) is 44.2 Å². The molecular weight excluding hydrogens is 400 g/mol. The molecule has 2 unspecified atom stereocenters. The van der Waals surface area contributed by atoms with Gasteiger partial charge in [-0.2, -0.15) is 15.0 Å². The summed E-state index contributed by atoms with van der Waals surface area (Å²) in [6.07, 6.45) is 3.99. The summed E-state index contributed by atoms with van der Waals surface area (Å²) in [6.45, 7) is 3.96. The SMILES string of the molecule is CCCCC(Nc1nc(Nc2ccccc2)nc(NC(CCCC)C(=O)O)n1)C(=O)O. The second kappa shape index (κ2) is 12.3. The number of anilines is 4. The standard InChI is InChI=1S/C21H30N6O4/c1-3-5-12-15(17(28)29)23-20-25-19(22-14-10-8-7-9-11-14)26-21(27-20)24-16(18(30)31)13-6-4-2/h7-11,15-16H,3-6,12-13H2,1-2H3,(H,28,29)(H,30,31)(H3,22,23,24,25,26,27). The molecule has 2 rings (SSSR count). The van der Waals surface area contributed by atoms with Gasteiger partial charge < -0.3 is 26.2 Å². The molecule has 31 heavy (non-hydrogen) atoms. The van der Waals surface area contributed by atoms with Gasteiger partial charge in [-0.15, -0.1) is 0 Å². The van der Waals surface area contributed by atoms with Gasteiger partial charge in [0.25, 0.3) is 0 Å². The Bertz CT molecular complexity index is 803. The molecule has 0 aliphatic carbocycles. The molecule has 0 radical (unpaired) electrons. The second-order valence-corrected chi connectivity index (χ2v) is 7.15. The molecule has 0 aliphatic rings. The summed E-state index contributed by atoms with van der Waals surface area (Å²) in [6, 6.07) is 7.48. The lowest BCUT2D eigenvalue weighted by atomic mass is 10.1. The number of benzene rings is 1.